The zero-order valence-electron chi connectivity index (χ0n) is 27.1. The van der Waals surface area contributed by atoms with Gasteiger partial charge in [-0.05, 0) is 95.2 Å². The number of likely N-dealkylation sites (tertiary alicyclic amines) is 1. The van der Waals surface area contributed by atoms with Crippen LogP contribution in [-0.2, 0) is 25.7 Å². The van der Waals surface area contributed by atoms with E-state index in [1.54, 1.807) is 24.8 Å². The van der Waals surface area contributed by atoms with Crippen LogP contribution in [-0.4, -0.2) is 51.9 Å². The van der Waals surface area contributed by atoms with E-state index in [4.69, 9.17) is 17.6 Å². The molecule has 5 atom stereocenters. The predicted molar refractivity (Wildman–Crippen MR) is 164 cm³/mol. The van der Waals surface area contributed by atoms with Crippen LogP contribution in [0.5, 0.6) is 0 Å². The first-order valence-electron chi connectivity index (χ1n) is 16.7. The molecule has 3 fully saturated rings. The largest absolute Gasteiger partial charge is 0.460 e. The van der Waals surface area contributed by atoms with Gasteiger partial charge in [-0.2, -0.15) is 0 Å². The molecule has 9 nitrogen and oxygen atoms in total. The van der Waals surface area contributed by atoms with Crippen LogP contribution >= 0.6 is 0 Å². The minimum Gasteiger partial charge on any atom is -0.460 e. The fourth-order valence-electron chi connectivity index (χ4n) is 7.80. The Morgan fingerprint density at radius 1 is 1.10 bits per heavy atom. The van der Waals surface area contributed by atoms with Gasteiger partial charge < -0.3 is 26.4 Å². The van der Waals surface area contributed by atoms with Crippen molar-refractivity contribution in [1.82, 2.24) is 15.2 Å². The van der Waals surface area contributed by atoms with Gasteiger partial charge in [-0.3, -0.25) is 14.4 Å². The Morgan fingerprint density at radius 2 is 1.79 bits per heavy atom. The summed E-state index contributed by atoms with van der Waals surface area (Å²) >= 11 is 0. The number of pyridine rings is 1. The summed E-state index contributed by atoms with van der Waals surface area (Å²) in [6.07, 6.45) is 10.2. The zero-order chi connectivity index (χ0) is 31.3. The molecule has 1 aromatic rings. The molecule has 5 N–H and O–H groups in total. The highest BCUT2D eigenvalue weighted by atomic mass is 16.6. The van der Waals surface area contributed by atoms with Crippen LogP contribution in [0.3, 0.4) is 0 Å². The highest BCUT2D eigenvalue weighted by molar-refractivity contribution is 5.90. The Kier molecular flexibility index (Phi) is 10.1. The van der Waals surface area contributed by atoms with E-state index in [2.05, 4.69) is 10.3 Å². The van der Waals surface area contributed by atoms with Crippen molar-refractivity contribution in [2.75, 3.05) is 12.3 Å². The fourth-order valence-corrected chi connectivity index (χ4v) is 7.80. The maximum absolute atomic E-state index is 14.2. The lowest BCUT2D eigenvalue weighted by Crippen LogP contribution is -2.56. The van der Waals surface area contributed by atoms with Crippen LogP contribution in [0, 0.1) is 37.5 Å². The molecular formula is C33H53N5O4. The topological polar surface area (TPSA) is 141 Å². The van der Waals surface area contributed by atoms with Crippen molar-refractivity contribution in [2.45, 2.75) is 129 Å². The van der Waals surface area contributed by atoms with E-state index < -0.39 is 17.7 Å². The molecule has 2 amide bonds. The molecule has 2 saturated carbocycles. The number of rotatable bonds is 8. The number of aromatic nitrogens is 1. The molecule has 1 aliphatic heterocycles. The van der Waals surface area contributed by atoms with Gasteiger partial charge >= 0.3 is 5.97 Å². The second-order valence-corrected chi connectivity index (χ2v) is 13.6. The number of hydrogen-bond donors (Lipinski definition) is 3. The number of nitrogens with two attached hydrogens (primary N) is 2. The minimum atomic E-state index is -0.854. The molecule has 1 aromatic heterocycles. The molecule has 4 rings (SSSR count). The van der Waals surface area contributed by atoms with E-state index in [0.29, 0.717) is 25.3 Å². The average molecular weight is 585 g/mol. The average Bonchev–Trinajstić information content (AvgIpc) is 3.47. The van der Waals surface area contributed by atoms with Gasteiger partial charge in [-0.25, -0.2) is 4.98 Å². The first-order valence-corrected chi connectivity index (χ1v) is 16.0. The van der Waals surface area contributed by atoms with Crippen molar-refractivity contribution >= 4 is 23.6 Å². The third kappa shape index (κ3) is 7.63. The highest BCUT2D eigenvalue weighted by Gasteiger charge is 2.47. The lowest BCUT2D eigenvalue weighted by Gasteiger charge is -2.44. The first kappa shape index (κ1) is 30.8. The summed E-state index contributed by atoms with van der Waals surface area (Å²) in [7, 11) is 0. The van der Waals surface area contributed by atoms with Crippen molar-refractivity contribution in [3.05, 3.63) is 22.9 Å². The molecule has 9 heteroatoms. The van der Waals surface area contributed by atoms with Crippen LogP contribution in [0.15, 0.2) is 6.07 Å². The van der Waals surface area contributed by atoms with Gasteiger partial charge in [0, 0.05) is 20.2 Å². The summed E-state index contributed by atoms with van der Waals surface area (Å²) < 4.78 is 13.6. The molecule has 0 radical (unpaired) electrons. The van der Waals surface area contributed by atoms with Crippen molar-refractivity contribution in [3.8, 4) is 0 Å². The van der Waals surface area contributed by atoms with Crippen LogP contribution in [0.4, 0.5) is 5.82 Å². The molecular weight excluding hydrogens is 530 g/mol. The number of carbonyl (C=O) groups excluding carboxylic acids is 3. The normalized spacial score (nSPS) is 25.4. The SMILES string of the molecule is [2H]CC(C)(C)OC(=O)C1CCCCC1C(C1CCCCC1)[C@H](N)C(=O)N1CCC[C@H]1C(=O)NCc1c(C)cc(N)nc1C. The summed E-state index contributed by atoms with van der Waals surface area (Å²) in [6, 6.07) is 0.440. The van der Waals surface area contributed by atoms with Gasteiger partial charge in [-0.15, -0.1) is 0 Å². The lowest BCUT2D eigenvalue weighted by molar-refractivity contribution is -0.166. The quantitative estimate of drug-likeness (QED) is 0.381. The summed E-state index contributed by atoms with van der Waals surface area (Å²) in [4.78, 5) is 47.2. The molecule has 2 heterocycles. The summed E-state index contributed by atoms with van der Waals surface area (Å²) in [5.41, 5.74) is 14.7. The Bertz CT molecular complexity index is 1130. The molecule has 3 unspecified atom stereocenters. The van der Waals surface area contributed by atoms with E-state index >= 15 is 0 Å². The molecule has 234 valence electrons. The second kappa shape index (κ2) is 13.7. The molecule has 0 aromatic carbocycles. The number of anilines is 1. The van der Waals surface area contributed by atoms with Gasteiger partial charge in [0.1, 0.15) is 17.5 Å². The van der Waals surface area contributed by atoms with Crippen molar-refractivity contribution in [3.63, 3.8) is 0 Å². The van der Waals surface area contributed by atoms with Crippen molar-refractivity contribution in [2.24, 2.45) is 29.4 Å². The highest BCUT2D eigenvalue weighted by Crippen LogP contribution is 2.45. The molecule has 3 aliphatic rings. The molecule has 2 aliphatic carbocycles. The van der Waals surface area contributed by atoms with E-state index in [0.717, 1.165) is 74.6 Å². The zero-order valence-corrected chi connectivity index (χ0v) is 26.1. The van der Waals surface area contributed by atoms with E-state index in [-0.39, 0.29) is 48.4 Å². The third-order valence-electron chi connectivity index (χ3n) is 9.74. The molecule has 0 bridgehead atoms. The van der Waals surface area contributed by atoms with Crippen LogP contribution in [0.25, 0.3) is 0 Å². The number of ether oxygens (including phenoxy) is 1. The fraction of sp³-hybridized carbons (Fsp3) is 0.758. The monoisotopic (exact) mass is 584 g/mol. The number of hydrogen-bond acceptors (Lipinski definition) is 7. The van der Waals surface area contributed by atoms with Gasteiger partial charge in [0.05, 0.1) is 12.0 Å². The summed E-state index contributed by atoms with van der Waals surface area (Å²) in [5, 5.41) is 3.04. The summed E-state index contributed by atoms with van der Waals surface area (Å²) in [6.45, 7) is 8.18. The number of esters is 1. The van der Waals surface area contributed by atoms with E-state index in [1.165, 1.54) is 6.42 Å². The number of carbonyl (C=O) groups is 3. The number of aryl methyl sites for hydroxylation is 2. The Morgan fingerprint density at radius 3 is 2.48 bits per heavy atom. The van der Waals surface area contributed by atoms with E-state index in [1.807, 2.05) is 13.8 Å². The first-order chi connectivity index (χ1) is 20.4. The van der Waals surface area contributed by atoms with Gasteiger partial charge in [0.25, 0.3) is 0 Å². The standard InChI is InChI=1S/C33H53N5O4/c1-20-18-27(34)37-21(2)25(20)19-36-30(39)26-16-11-17-38(26)31(40)29(35)28(22-12-7-6-8-13-22)23-14-9-10-15-24(23)32(41)42-33(3,4)5/h18,22-24,26,28-29H,6-17,19,35H2,1-5H3,(H2,34,37)(H,36,39)/t23?,24?,26-,28?,29-/m0/s1/i3D. The van der Waals surface area contributed by atoms with Crippen molar-refractivity contribution < 1.29 is 20.5 Å². The van der Waals surface area contributed by atoms with Gasteiger partial charge in [-0.1, -0.05) is 44.9 Å². The number of nitrogen functional groups attached to an aromatic ring is 1. The Balaban J connectivity index is 1.52. The van der Waals surface area contributed by atoms with Crippen LogP contribution in [0.1, 0.15) is 110 Å². The molecule has 0 spiro atoms. The minimum absolute atomic E-state index is 0.00737. The third-order valence-corrected chi connectivity index (χ3v) is 9.74. The van der Waals surface area contributed by atoms with Crippen molar-refractivity contribution in [1.29, 1.82) is 0 Å². The lowest BCUT2D eigenvalue weighted by atomic mass is 9.63. The Labute approximate surface area is 253 Å². The van der Waals surface area contributed by atoms with Gasteiger partial charge in [0.15, 0.2) is 0 Å². The Hall–Kier alpha value is -2.68. The number of nitrogens with one attached hydrogen (secondary N) is 1. The summed E-state index contributed by atoms with van der Waals surface area (Å²) in [5.74, 6) is -0.448. The molecule has 42 heavy (non-hydrogen) atoms. The predicted octanol–water partition coefficient (Wildman–Crippen LogP) is 4.56. The van der Waals surface area contributed by atoms with Crippen LogP contribution in [0.2, 0.25) is 0 Å². The van der Waals surface area contributed by atoms with Gasteiger partial charge in [0.2, 0.25) is 11.8 Å². The number of nitrogens with zero attached hydrogens (tertiary/aromatic N) is 2. The second-order valence-electron chi connectivity index (χ2n) is 13.6. The van der Waals surface area contributed by atoms with Crippen LogP contribution < -0.4 is 16.8 Å². The number of amides is 2. The van der Waals surface area contributed by atoms with E-state index in [9.17, 15) is 14.4 Å². The molecule has 1 saturated heterocycles. The smallest absolute Gasteiger partial charge is 0.309 e. The maximum Gasteiger partial charge on any atom is 0.309 e. The maximum atomic E-state index is 14.2.